The van der Waals surface area contributed by atoms with Gasteiger partial charge in [-0.15, -0.1) is 11.3 Å². The summed E-state index contributed by atoms with van der Waals surface area (Å²) in [5, 5.41) is 4.76. The van der Waals surface area contributed by atoms with Gasteiger partial charge < -0.3 is 4.52 Å². The van der Waals surface area contributed by atoms with Gasteiger partial charge in [0.1, 0.15) is 9.90 Å². The van der Waals surface area contributed by atoms with E-state index in [2.05, 4.69) is 14.4 Å². The van der Waals surface area contributed by atoms with Crippen LogP contribution in [0.25, 0.3) is 11.3 Å². The molecule has 2 aromatic heterocycles. The number of thiophene rings is 1. The van der Waals surface area contributed by atoms with Crippen molar-refractivity contribution in [1.82, 2.24) is 5.16 Å². The Kier molecular flexibility index (Phi) is 4.80. The van der Waals surface area contributed by atoms with Crippen LogP contribution in [0.15, 0.2) is 50.5 Å². The fourth-order valence-corrected chi connectivity index (χ4v) is 4.42. The molecule has 0 bridgehead atoms. The third-order valence-corrected chi connectivity index (χ3v) is 6.33. The molecule has 10 heteroatoms. The topological polar surface area (TPSA) is 72.2 Å². The summed E-state index contributed by atoms with van der Waals surface area (Å²) in [5.74, 6) is -1.24. The monoisotopic (exact) mass is 402 g/mol. The van der Waals surface area contributed by atoms with E-state index in [0.717, 1.165) is 29.4 Å². The minimum Gasteiger partial charge on any atom is -0.351 e. The van der Waals surface area contributed by atoms with Crippen molar-refractivity contribution in [3.05, 3.63) is 53.1 Å². The van der Waals surface area contributed by atoms with Crippen LogP contribution in [0.2, 0.25) is 0 Å². The molecule has 0 unspecified atom stereocenters. The largest absolute Gasteiger partial charge is 0.452 e. The van der Waals surface area contributed by atoms with Gasteiger partial charge in [-0.1, -0.05) is 24.2 Å². The van der Waals surface area contributed by atoms with Gasteiger partial charge in [-0.2, -0.15) is 13.2 Å². The summed E-state index contributed by atoms with van der Waals surface area (Å²) >= 11 is 0.884. The van der Waals surface area contributed by atoms with Crippen molar-refractivity contribution in [2.45, 2.75) is 23.7 Å². The Morgan fingerprint density at radius 2 is 2.00 bits per heavy atom. The molecule has 0 saturated heterocycles. The van der Waals surface area contributed by atoms with Gasteiger partial charge in [-0.05, 0) is 30.2 Å². The van der Waals surface area contributed by atoms with E-state index in [9.17, 15) is 21.6 Å². The number of nitrogens with zero attached hydrogens (tertiary/aromatic N) is 1. The lowest BCUT2D eigenvalue weighted by molar-refractivity contribution is -0.155. The molecule has 0 fully saturated rings. The SMILES string of the molecule is CCc1cccc(NS(=O)(=O)c2cc(-c3cc(C(F)(F)F)on3)cs2)c1. The van der Waals surface area contributed by atoms with Crippen molar-refractivity contribution in [2.24, 2.45) is 0 Å². The van der Waals surface area contributed by atoms with Crippen LogP contribution in [-0.2, 0) is 22.6 Å². The van der Waals surface area contributed by atoms with Crippen molar-refractivity contribution < 1.29 is 26.1 Å². The van der Waals surface area contributed by atoms with Crippen LogP contribution in [-0.4, -0.2) is 13.6 Å². The second kappa shape index (κ2) is 6.76. The number of sulfonamides is 1. The highest BCUT2D eigenvalue weighted by atomic mass is 32.2. The lowest BCUT2D eigenvalue weighted by Crippen LogP contribution is -2.11. The van der Waals surface area contributed by atoms with Gasteiger partial charge in [0.05, 0.1) is 0 Å². The van der Waals surface area contributed by atoms with Crippen molar-refractivity contribution >= 4 is 27.0 Å². The summed E-state index contributed by atoms with van der Waals surface area (Å²) < 4.78 is 69.4. The molecule has 5 nitrogen and oxygen atoms in total. The van der Waals surface area contributed by atoms with E-state index < -0.39 is 22.0 Å². The van der Waals surface area contributed by atoms with E-state index in [1.165, 1.54) is 11.4 Å². The Hall–Kier alpha value is -2.33. The molecule has 138 valence electrons. The van der Waals surface area contributed by atoms with Crippen LogP contribution in [0.4, 0.5) is 18.9 Å². The smallest absolute Gasteiger partial charge is 0.351 e. The van der Waals surface area contributed by atoms with Crippen LogP contribution in [0, 0.1) is 0 Å². The van der Waals surface area contributed by atoms with Gasteiger partial charge in [-0.3, -0.25) is 4.72 Å². The van der Waals surface area contributed by atoms with E-state index in [1.54, 1.807) is 18.2 Å². The molecule has 3 aromatic rings. The minimum atomic E-state index is -4.65. The molecular formula is C16H13F3N2O3S2. The molecule has 3 rings (SSSR count). The first-order chi connectivity index (χ1) is 12.2. The highest BCUT2D eigenvalue weighted by molar-refractivity contribution is 7.94. The van der Waals surface area contributed by atoms with Crippen LogP contribution in [0.1, 0.15) is 18.2 Å². The fraction of sp³-hybridized carbons (Fsp3) is 0.188. The molecule has 1 N–H and O–H groups in total. The molecule has 0 saturated carbocycles. The fourth-order valence-electron chi connectivity index (χ4n) is 2.20. The van der Waals surface area contributed by atoms with Crippen LogP contribution >= 0.6 is 11.3 Å². The Balaban J connectivity index is 1.85. The summed E-state index contributed by atoms with van der Waals surface area (Å²) in [4.78, 5) is 0. The highest BCUT2D eigenvalue weighted by Crippen LogP contribution is 2.34. The number of hydrogen-bond donors (Lipinski definition) is 1. The zero-order valence-electron chi connectivity index (χ0n) is 13.4. The van der Waals surface area contributed by atoms with Crippen LogP contribution in [0.3, 0.4) is 0 Å². The van der Waals surface area contributed by atoms with Crippen molar-refractivity contribution in [3.63, 3.8) is 0 Å². The van der Waals surface area contributed by atoms with Crippen molar-refractivity contribution in [1.29, 1.82) is 0 Å². The van der Waals surface area contributed by atoms with Gasteiger partial charge in [0.25, 0.3) is 10.0 Å². The summed E-state index contributed by atoms with van der Waals surface area (Å²) in [6, 6.07) is 8.96. The second-order valence-corrected chi connectivity index (χ2v) is 8.21. The van der Waals surface area contributed by atoms with Crippen molar-refractivity contribution in [2.75, 3.05) is 4.72 Å². The van der Waals surface area contributed by atoms with Gasteiger partial charge in [0.2, 0.25) is 5.76 Å². The van der Waals surface area contributed by atoms with Gasteiger partial charge in [0.15, 0.2) is 0 Å². The predicted molar refractivity (Wildman–Crippen MR) is 91.4 cm³/mol. The first kappa shape index (κ1) is 18.5. The van der Waals surface area contributed by atoms with Gasteiger partial charge in [-0.25, -0.2) is 8.42 Å². The number of rotatable bonds is 5. The number of halogens is 3. The van der Waals surface area contributed by atoms with Gasteiger partial charge >= 0.3 is 6.18 Å². The standard InChI is InChI=1S/C16H13F3N2O3S2/c1-2-10-4-3-5-12(6-10)21-26(22,23)15-7-11(9-25-15)13-8-14(24-20-13)16(17,18)19/h3-9,21H,2H2,1H3. The normalized spacial score (nSPS) is 12.3. The number of alkyl halides is 3. The van der Waals surface area contributed by atoms with E-state index in [4.69, 9.17) is 0 Å². The molecule has 0 radical (unpaired) electrons. The number of benzene rings is 1. The third-order valence-electron chi connectivity index (χ3n) is 3.51. The molecule has 1 aromatic carbocycles. The average molecular weight is 402 g/mol. The van der Waals surface area contributed by atoms with E-state index in [1.807, 2.05) is 13.0 Å². The number of anilines is 1. The molecule has 2 heterocycles. The second-order valence-electron chi connectivity index (χ2n) is 5.39. The van der Waals surface area contributed by atoms with Gasteiger partial charge in [0, 0.05) is 22.7 Å². The quantitative estimate of drug-likeness (QED) is 0.666. The van der Waals surface area contributed by atoms with E-state index in [-0.39, 0.29) is 15.5 Å². The summed E-state index contributed by atoms with van der Waals surface area (Å²) in [6.45, 7) is 1.95. The molecule has 0 amide bonds. The average Bonchev–Trinajstić information content (AvgIpc) is 3.23. The maximum absolute atomic E-state index is 12.6. The van der Waals surface area contributed by atoms with E-state index >= 15 is 0 Å². The summed E-state index contributed by atoms with van der Waals surface area (Å²) in [6.07, 6.45) is -3.89. The maximum Gasteiger partial charge on any atom is 0.452 e. The van der Waals surface area contributed by atoms with Crippen LogP contribution < -0.4 is 4.72 Å². The highest BCUT2D eigenvalue weighted by Gasteiger charge is 2.36. The Morgan fingerprint density at radius 1 is 1.23 bits per heavy atom. The number of hydrogen-bond acceptors (Lipinski definition) is 5. The molecule has 0 aliphatic heterocycles. The molecule has 26 heavy (non-hydrogen) atoms. The lowest BCUT2D eigenvalue weighted by Gasteiger charge is -2.07. The Labute approximate surface area is 151 Å². The molecule has 0 aliphatic carbocycles. The molecule has 0 atom stereocenters. The number of nitrogens with one attached hydrogen (secondary N) is 1. The van der Waals surface area contributed by atoms with E-state index in [0.29, 0.717) is 5.69 Å². The molecule has 0 aliphatic rings. The Morgan fingerprint density at radius 3 is 2.65 bits per heavy atom. The third kappa shape index (κ3) is 3.91. The minimum absolute atomic E-state index is 0.0361. The molecular weight excluding hydrogens is 389 g/mol. The zero-order chi connectivity index (χ0) is 18.9. The predicted octanol–water partition coefficient (Wildman–Crippen LogP) is 4.79. The zero-order valence-corrected chi connectivity index (χ0v) is 15.0. The number of aryl methyl sites for hydroxylation is 1. The summed E-state index contributed by atoms with van der Waals surface area (Å²) in [5.41, 5.74) is 1.54. The maximum atomic E-state index is 12.6. The number of aromatic nitrogens is 1. The molecule has 0 spiro atoms. The first-order valence-corrected chi connectivity index (χ1v) is 9.80. The lowest BCUT2D eigenvalue weighted by atomic mass is 10.1. The van der Waals surface area contributed by atoms with Crippen molar-refractivity contribution in [3.8, 4) is 11.3 Å². The first-order valence-electron chi connectivity index (χ1n) is 7.43. The van der Waals surface area contributed by atoms with Crippen LogP contribution in [0.5, 0.6) is 0 Å². The Bertz CT molecular complexity index is 1020. The summed E-state index contributed by atoms with van der Waals surface area (Å²) in [7, 11) is -3.86.